The molecule has 0 radical (unpaired) electrons. The van der Waals surface area contributed by atoms with Crippen LogP contribution in [0.25, 0.3) is 0 Å². The van der Waals surface area contributed by atoms with E-state index in [1.165, 1.54) is 44.4 Å². The fraction of sp³-hybridized carbons (Fsp3) is 0.222. The van der Waals surface area contributed by atoms with Gasteiger partial charge in [0.15, 0.2) is 0 Å². The highest BCUT2D eigenvalue weighted by Gasteiger charge is 2.19. The van der Waals surface area contributed by atoms with Gasteiger partial charge in [0.05, 0.1) is 20.8 Å². The van der Waals surface area contributed by atoms with Gasteiger partial charge in [-0.15, -0.1) is 0 Å². The van der Waals surface area contributed by atoms with Crippen molar-refractivity contribution in [3.8, 4) is 11.5 Å². The summed E-state index contributed by atoms with van der Waals surface area (Å²) < 4.78 is 24.2. The lowest BCUT2D eigenvalue weighted by Crippen LogP contribution is -2.35. The van der Waals surface area contributed by atoms with Gasteiger partial charge in [-0.25, -0.2) is 4.39 Å². The Morgan fingerprint density at radius 2 is 1.77 bits per heavy atom. The third-order valence-corrected chi connectivity index (χ3v) is 4.31. The largest absolute Gasteiger partial charge is 0.495 e. The number of likely N-dealkylation sites (N-methyl/N-ethyl adjacent to an activating group) is 1. The number of rotatable bonds is 6. The van der Waals surface area contributed by atoms with Gasteiger partial charge >= 0.3 is 0 Å². The van der Waals surface area contributed by atoms with E-state index >= 15 is 0 Å². The number of carbonyl (C=O) groups is 2. The van der Waals surface area contributed by atoms with Crippen LogP contribution in [0.2, 0.25) is 0 Å². The number of hydrogen-bond acceptors (Lipinski definition) is 4. The van der Waals surface area contributed by atoms with Gasteiger partial charge in [-0.2, -0.15) is 0 Å². The first-order valence-corrected chi connectivity index (χ1v) is 8.37. The second-order valence-electron chi connectivity index (χ2n) is 5.41. The van der Waals surface area contributed by atoms with Crippen molar-refractivity contribution in [2.24, 2.45) is 0 Å². The molecule has 2 amide bonds. The van der Waals surface area contributed by atoms with Crippen LogP contribution in [0.3, 0.4) is 0 Å². The number of carbonyl (C=O) groups excluding carboxylic acids is 2. The first kappa shape index (κ1) is 19.7. The standard InChI is InChI=1S/C18H18BrFN2O4/c1-22(10-16(23)21-13-6-4-5-12(20)9-13)18(24)11-7-14(25-2)17(19)15(8-11)26-3/h4-9H,10H2,1-3H3,(H,21,23). The van der Waals surface area contributed by atoms with Gasteiger partial charge in [0.2, 0.25) is 5.91 Å². The van der Waals surface area contributed by atoms with Crippen molar-refractivity contribution in [3.05, 3.63) is 52.3 Å². The van der Waals surface area contributed by atoms with Crippen molar-refractivity contribution < 1.29 is 23.5 Å². The van der Waals surface area contributed by atoms with Crippen LogP contribution in [0.5, 0.6) is 11.5 Å². The summed E-state index contributed by atoms with van der Waals surface area (Å²) in [6, 6.07) is 8.63. The van der Waals surface area contributed by atoms with Crippen molar-refractivity contribution in [3.63, 3.8) is 0 Å². The molecule has 26 heavy (non-hydrogen) atoms. The Morgan fingerprint density at radius 1 is 1.15 bits per heavy atom. The molecule has 0 aliphatic rings. The van der Waals surface area contributed by atoms with Gasteiger partial charge in [-0.3, -0.25) is 9.59 Å². The Bertz CT molecular complexity index is 804. The number of benzene rings is 2. The Morgan fingerprint density at radius 3 is 2.31 bits per heavy atom. The predicted octanol–water partition coefficient (Wildman–Crippen LogP) is 3.32. The Balaban J connectivity index is 2.10. The van der Waals surface area contributed by atoms with Gasteiger partial charge in [-0.05, 0) is 46.3 Å². The third kappa shape index (κ3) is 4.72. The maximum Gasteiger partial charge on any atom is 0.254 e. The maximum atomic E-state index is 13.2. The molecular formula is C18H18BrFN2O4. The first-order chi connectivity index (χ1) is 12.3. The van der Waals surface area contributed by atoms with Crippen molar-refractivity contribution in [1.82, 2.24) is 4.90 Å². The lowest BCUT2D eigenvalue weighted by atomic mass is 10.1. The molecule has 6 nitrogen and oxygen atoms in total. The summed E-state index contributed by atoms with van der Waals surface area (Å²) in [5, 5.41) is 2.54. The molecule has 0 fully saturated rings. The molecular weight excluding hydrogens is 407 g/mol. The summed E-state index contributed by atoms with van der Waals surface area (Å²) in [6.07, 6.45) is 0. The fourth-order valence-electron chi connectivity index (χ4n) is 2.27. The van der Waals surface area contributed by atoms with E-state index in [1.807, 2.05) is 0 Å². The molecule has 0 aliphatic carbocycles. The van der Waals surface area contributed by atoms with Gasteiger partial charge in [-0.1, -0.05) is 6.07 Å². The van der Waals surface area contributed by atoms with Crippen molar-refractivity contribution >= 4 is 33.4 Å². The van der Waals surface area contributed by atoms with E-state index in [0.717, 1.165) is 0 Å². The van der Waals surface area contributed by atoms with Crippen LogP contribution in [0.1, 0.15) is 10.4 Å². The molecule has 138 valence electrons. The summed E-state index contributed by atoms with van der Waals surface area (Å²) in [5.41, 5.74) is 0.630. The van der Waals surface area contributed by atoms with Crippen LogP contribution >= 0.6 is 15.9 Å². The van der Waals surface area contributed by atoms with E-state index in [4.69, 9.17) is 9.47 Å². The molecule has 2 aromatic carbocycles. The molecule has 2 rings (SSSR count). The van der Waals surface area contributed by atoms with Crippen LogP contribution in [0, 0.1) is 5.82 Å². The highest BCUT2D eigenvalue weighted by molar-refractivity contribution is 9.10. The van der Waals surface area contributed by atoms with E-state index in [9.17, 15) is 14.0 Å². The van der Waals surface area contributed by atoms with E-state index in [2.05, 4.69) is 21.2 Å². The minimum absolute atomic E-state index is 0.198. The van der Waals surface area contributed by atoms with Crippen LogP contribution in [0.4, 0.5) is 10.1 Å². The molecule has 0 saturated carbocycles. The summed E-state index contributed by atoms with van der Waals surface area (Å²) in [4.78, 5) is 25.9. The normalized spacial score (nSPS) is 10.2. The van der Waals surface area contributed by atoms with Gasteiger partial charge in [0.25, 0.3) is 5.91 Å². The molecule has 0 spiro atoms. The lowest BCUT2D eigenvalue weighted by Gasteiger charge is -2.18. The van der Waals surface area contributed by atoms with Crippen LogP contribution in [-0.4, -0.2) is 44.5 Å². The van der Waals surface area contributed by atoms with Gasteiger partial charge in [0.1, 0.15) is 21.8 Å². The monoisotopic (exact) mass is 424 g/mol. The van der Waals surface area contributed by atoms with Crippen molar-refractivity contribution in [2.45, 2.75) is 0 Å². The number of halogens is 2. The molecule has 0 atom stereocenters. The molecule has 0 aliphatic heterocycles. The summed E-state index contributed by atoms with van der Waals surface area (Å²) >= 11 is 3.34. The van der Waals surface area contributed by atoms with E-state index < -0.39 is 11.7 Å². The minimum atomic E-state index is -0.457. The average Bonchev–Trinajstić information content (AvgIpc) is 2.61. The van der Waals surface area contributed by atoms with Crippen molar-refractivity contribution in [1.29, 1.82) is 0 Å². The fourth-order valence-corrected chi connectivity index (χ4v) is 2.82. The molecule has 0 bridgehead atoms. The van der Waals surface area contributed by atoms with E-state index in [-0.39, 0.29) is 12.5 Å². The van der Waals surface area contributed by atoms with E-state index in [0.29, 0.717) is 27.2 Å². The quantitative estimate of drug-likeness (QED) is 0.772. The smallest absolute Gasteiger partial charge is 0.254 e. The second-order valence-corrected chi connectivity index (χ2v) is 6.21. The number of ether oxygens (including phenoxy) is 2. The number of hydrogen-bond donors (Lipinski definition) is 1. The summed E-state index contributed by atoms with van der Waals surface area (Å²) in [7, 11) is 4.45. The zero-order chi connectivity index (χ0) is 19.3. The Labute approximate surface area is 159 Å². The predicted molar refractivity (Wildman–Crippen MR) is 99.2 cm³/mol. The number of amides is 2. The topological polar surface area (TPSA) is 67.9 Å². The third-order valence-electron chi connectivity index (χ3n) is 3.53. The highest BCUT2D eigenvalue weighted by atomic mass is 79.9. The lowest BCUT2D eigenvalue weighted by molar-refractivity contribution is -0.116. The molecule has 1 N–H and O–H groups in total. The SMILES string of the molecule is COc1cc(C(=O)N(C)CC(=O)Nc2cccc(F)c2)cc(OC)c1Br. The zero-order valence-electron chi connectivity index (χ0n) is 14.5. The molecule has 2 aromatic rings. The highest BCUT2D eigenvalue weighted by Crippen LogP contribution is 2.35. The average molecular weight is 425 g/mol. The van der Waals surface area contributed by atoms with Crippen LogP contribution in [0.15, 0.2) is 40.9 Å². The second kappa shape index (κ2) is 8.66. The molecule has 8 heteroatoms. The molecule has 0 saturated heterocycles. The van der Waals surface area contributed by atoms with Gasteiger partial charge < -0.3 is 19.7 Å². The first-order valence-electron chi connectivity index (χ1n) is 7.58. The Hall–Kier alpha value is -2.61. The number of methoxy groups -OCH3 is 2. The van der Waals surface area contributed by atoms with Crippen molar-refractivity contribution in [2.75, 3.05) is 33.1 Å². The van der Waals surface area contributed by atoms with Crippen LogP contribution < -0.4 is 14.8 Å². The Kier molecular flexibility index (Phi) is 6.57. The maximum absolute atomic E-state index is 13.2. The molecule has 0 unspecified atom stereocenters. The number of nitrogens with one attached hydrogen (secondary N) is 1. The summed E-state index contributed by atoms with van der Waals surface area (Å²) in [5.74, 6) is -0.414. The molecule has 0 aromatic heterocycles. The van der Waals surface area contributed by atoms with Gasteiger partial charge in [0, 0.05) is 18.3 Å². The van der Waals surface area contributed by atoms with Crippen LogP contribution in [-0.2, 0) is 4.79 Å². The minimum Gasteiger partial charge on any atom is -0.495 e. The zero-order valence-corrected chi connectivity index (χ0v) is 16.1. The molecule has 0 heterocycles. The summed E-state index contributed by atoms with van der Waals surface area (Å²) in [6.45, 7) is -0.198. The van der Waals surface area contributed by atoms with E-state index in [1.54, 1.807) is 18.2 Å². The number of anilines is 1. The number of nitrogens with zero attached hydrogens (tertiary/aromatic N) is 1.